The second-order valence-electron chi connectivity index (χ2n) is 5.66. The molecule has 100 valence electrons. The molecular formula is C17H21NS. The van der Waals surface area contributed by atoms with Crippen molar-refractivity contribution < 1.29 is 0 Å². The Labute approximate surface area is 119 Å². The molecule has 2 heteroatoms. The molecule has 1 aromatic carbocycles. The van der Waals surface area contributed by atoms with E-state index in [1.165, 1.54) is 40.1 Å². The smallest absolute Gasteiger partial charge is 0.0430 e. The highest BCUT2D eigenvalue weighted by atomic mass is 32.1. The SMILES string of the molecule is Cc1cc(C(N)Cc2ccc3c(c2)CCC3)sc1C. The molecule has 1 aromatic heterocycles. The van der Waals surface area contributed by atoms with Gasteiger partial charge in [-0.05, 0) is 67.9 Å². The van der Waals surface area contributed by atoms with Crippen LogP contribution in [0.3, 0.4) is 0 Å². The largest absolute Gasteiger partial charge is 0.323 e. The first kappa shape index (κ1) is 12.9. The molecule has 0 amide bonds. The summed E-state index contributed by atoms with van der Waals surface area (Å²) < 4.78 is 0. The number of thiophene rings is 1. The van der Waals surface area contributed by atoms with E-state index in [1.807, 2.05) is 11.3 Å². The molecule has 1 nitrogen and oxygen atoms in total. The lowest BCUT2D eigenvalue weighted by molar-refractivity contribution is 0.735. The summed E-state index contributed by atoms with van der Waals surface area (Å²) in [7, 11) is 0. The Morgan fingerprint density at radius 1 is 1.16 bits per heavy atom. The Hall–Kier alpha value is -1.12. The van der Waals surface area contributed by atoms with Gasteiger partial charge in [0, 0.05) is 15.8 Å². The van der Waals surface area contributed by atoms with Gasteiger partial charge in [0.1, 0.15) is 0 Å². The number of hydrogen-bond acceptors (Lipinski definition) is 2. The highest BCUT2D eigenvalue weighted by Crippen LogP contribution is 2.29. The van der Waals surface area contributed by atoms with Crippen molar-refractivity contribution in [1.29, 1.82) is 0 Å². The van der Waals surface area contributed by atoms with Gasteiger partial charge in [-0.3, -0.25) is 0 Å². The Morgan fingerprint density at radius 2 is 1.95 bits per heavy atom. The molecule has 0 spiro atoms. The molecule has 1 atom stereocenters. The molecule has 1 aliphatic rings. The lowest BCUT2D eigenvalue weighted by Crippen LogP contribution is -2.12. The maximum absolute atomic E-state index is 6.36. The lowest BCUT2D eigenvalue weighted by atomic mass is 10.0. The number of nitrogens with two attached hydrogens (primary N) is 1. The minimum atomic E-state index is 0.136. The monoisotopic (exact) mass is 271 g/mol. The number of aryl methyl sites for hydroxylation is 4. The first-order chi connectivity index (χ1) is 9.13. The van der Waals surface area contributed by atoms with Crippen molar-refractivity contribution in [3.05, 3.63) is 56.3 Å². The van der Waals surface area contributed by atoms with E-state index in [4.69, 9.17) is 5.73 Å². The summed E-state index contributed by atoms with van der Waals surface area (Å²) in [5.74, 6) is 0. The summed E-state index contributed by atoms with van der Waals surface area (Å²) in [6.45, 7) is 4.34. The molecular weight excluding hydrogens is 250 g/mol. The van der Waals surface area contributed by atoms with Gasteiger partial charge >= 0.3 is 0 Å². The number of rotatable bonds is 3. The van der Waals surface area contributed by atoms with Crippen LogP contribution in [0.4, 0.5) is 0 Å². The molecule has 1 heterocycles. The molecule has 0 saturated heterocycles. The van der Waals surface area contributed by atoms with E-state index in [0.29, 0.717) is 0 Å². The van der Waals surface area contributed by atoms with Crippen LogP contribution in [0.25, 0.3) is 0 Å². The van der Waals surface area contributed by atoms with Crippen molar-refractivity contribution in [2.75, 3.05) is 0 Å². The number of fused-ring (bicyclic) bond motifs is 1. The fourth-order valence-corrected chi connectivity index (χ4v) is 3.94. The van der Waals surface area contributed by atoms with E-state index in [2.05, 4.69) is 38.1 Å². The third-order valence-corrected chi connectivity index (χ3v) is 5.45. The van der Waals surface area contributed by atoms with E-state index in [9.17, 15) is 0 Å². The van der Waals surface area contributed by atoms with Gasteiger partial charge in [0.15, 0.2) is 0 Å². The topological polar surface area (TPSA) is 26.0 Å². The molecule has 0 saturated carbocycles. The normalized spacial score (nSPS) is 15.5. The van der Waals surface area contributed by atoms with Crippen LogP contribution < -0.4 is 5.73 Å². The molecule has 2 aromatic rings. The first-order valence-corrected chi connectivity index (χ1v) is 7.88. The van der Waals surface area contributed by atoms with Crippen LogP contribution in [0.1, 0.15) is 44.5 Å². The van der Waals surface area contributed by atoms with Crippen molar-refractivity contribution >= 4 is 11.3 Å². The van der Waals surface area contributed by atoms with Crippen LogP contribution in [0.2, 0.25) is 0 Å². The van der Waals surface area contributed by atoms with Gasteiger partial charge in [0.25, 0.3) is 0 Å². The standard InChI is InChI=1S/C17H21NS/c1-11-8-17(19-12(11)2)16(18)10-13-6-7-14-4-3-5-15(14)9-13/h6-9,16H,3-5,10,18H2,1-2H3. The second-order valence-corrected chi connectivity index (χ2v) is 6.94. The maximum Gasteiger partial charge on any atom is 0.0430 e. The predicted octanol–water partition coefficient (Wildman–Crippen LogP) is 4.10. The van der Waals surface area contributed by atoms with Crippen LogP contribution in [-0.4, -0.2) is 0 Å². The van der Waals surface area contributed by atoms with Gasteiger partial charge in [-0.2, -0.15) is 0 Å². The average molecular weight is 271 g/mol. The van der Waals surface area contributed by atoms with Gasteiger partial charge < -0.3 is 5.73 Å². The summed E-state index contributed by atoms with van der Waals surface area (Å²) >= 11 is 1.84. The molecule has 3 rings (SSSR count). The summed E-state index contributed by atoms with van der Waals surface area (Å²) in [6, 6.07) is 9.32. The van der Waals surface area contributed by atoms with Crippen LogP contribution in [0.5, 0.6) is 0 Å². The molecule has 19 heavy (non-hydrogen) atoms. The quantitative estimate of drug-likeness (QED) is 0.893. The minimum Gasteiger partial charge on any atom is -0.323 e. The predicted molar refractivity (Wildman–Crippen MR) is 82.9 cm³/mol. The second kappa shape index (κ2) is 5.10. The molecule has 2 N–H and O–H groups in total. The first-order valence-electron chi connectivity index (χ1n) is 7.06. The number of benzene rings is 1. The zero-order valence-electron chi connectivity index (χ0n) is 11.7. The Balaban J connectivity index is 1.77. The summed E-state index contributed by atoms with van der Waals surface area (Å²) in [4.78, 5) is 2.70. The van der Waals surface area contributed by atoms with Crippen LogP contribution in [-0.2, 0) is 19.3 Å². The zero-order chi connectivity index (χ0) is 13.4. The molecule has 1 unspecified atom stereocenters. The van der Waals surface area contributed by atoms with Crippen molar-refractivity contribution in [2.45, 2.75) is 45.6 Å². The van der Waals surface area contributed by atoms with Gasteiger partial charge in [-0.1, -0.05) is 18.2 Å². The number of hydrogen-bond donors (Lipinski definition) is 1. The molecule has 0 fully saturated rings. The average Bonchev–Trinajstić information content (AvgIpc) is 2.96. The Kier molecular flexibility index (Phi) is 3.46. The van der Waals surface area contributed by atoms with Gasteiger partial charge in [-0.25, -0.2) is 0 Å². The Bertz CT molecular complexity index is 578. The highest BCUT2D eigenvalue weighted by Gasteiger charge is 2.14. The van der Waals surface area contributed by atoms with E-state index in [0.717, 1.165) is 6.42 Å². The highest BCUT2D eigenvalue weighted by molar-refractivity contribution is 7.12. The molecule has 0 radical (unpaired) electrons. The summed E-state index contributed by atoms with van der Waals surface area (Å²) in [5, 5.41) is 0. The van der Waals surface area contributed by atoms with E-state index in [-0.39, 0.29) is 6.04 Å². The van der Waals surface area contributed by atoms with Crippen molar-refractivity contribution in [3.63, 3.8) is 0 Å². The van der Waals surface area contributed by atoms with Crippen LogP contribution >= 0.6 is 11.3 Å². The van der Waals surface area contributed by atoms with Gasteiger partial charge in [0.2, 0.25) is 0 Å². The van der Waals surface area contributed by atoms with Crippen molar-refractivity contribution in [1.82, 2.24) is 0 Å². The fraction of sp³-hybridized carbons (Fsp3) is 0.412. The van der Waals surface area contributed by atoms with Crippen LogP contribution in [0, 0.1) is 13.8 Å². The van der Waals surface area contributed by atoms with Crippen molar-refractivity contribution in [2.24, 2.45) is 5.73 Å². The molecule has 0 aliphatic heterocycles. The van der Waals surface area contributed by atoms with E-state index in [1.54, 1.807) is 11.1 Å². The van der Waals surface area contributed by atoms with Crippen LogP contribution in [0.15, 0.2) is 24.3 Å². The summed E-state index contributed by atoms with van der Waals surface area (Å²) in [6.07, 6.45) is 4.77. The fourth-order valence-electron chi connectivity index (χ4n) is 2.89. The third-order valence-electron chi connectivity index (χ3n) is 4.17. The van der Waals surface area contributed by atoms with Gasteiger partial charge in [0.05, 0.1) is 0 Å². The molecule has 0 bridgehead atoms. The van der Waals surface area contributed by atoms with E-state index >= 15 is 0 Å². The zero-order valence-corrected chi connectivity index (χ0v) is 12.5. The maximum atomic E-state index is 6.36. The molecule has 1 aliphatic carbocycles. The Morgan fingerprint density at radius 3 is 2.68 bits per heavy atom. The van der Waals surface area contributed by atoms with E-state index < -0.39 is 0 Å². The van der Waals surface area contributed by atoms with Crippen molar-refractivity contribution in [3.8, 4) is 0 Å². The summed E-state index contributed by atoms with van der Waals surface area (Å²) in [5.41, 5.74) is 12.2. The van der Waals surface area contributed by atoms with Gasteiger partial charge in [-0.15, -0.1) is 11.3 Å². The minimum absolute atomic E-state index is 0.136. The third kappa shape index (κ3) is 2.60. The lowest BCUT2D eigenvalue weighted by Gasteiger charge is -2.11.